The average Bonchev–Trinajstić information content (AvgIpc) is 2.68. The topological polar surface area (TPSA) is 3.24 Å². The Kier molecular flexibility index (Phi) is 3.68. The normalized spacial score (nSPS) is 17.5. The van der Waals surface area contributed by atoms with Crippen molar-refractivity contribution < 1.29 is 0 Å². The summed E-state index contributed by atoms with van der Waals surface area (Å²) in [6.07, 6.45) is 2.45. The van der Waals surface area contributed by atoms with Gasteiger partial charge in [0.25, 0.3) is 0 Å². The molecule has 0 amide bonds. The van der Waals surface area contributed by atoms with Crippen molar-refractivity contribution in [2.45, 2.75) is 60.4 Å². The smallest absolute Gasteiger partial charge is 0.0402 e. The van der Waals surface area contributed by atoms with Gasteiger partial charge in [-0.05, 0) is 42.2 Å². The second kappa shape index (κ2) is 4.85. The molecule has 0 saturated carbocycles. The molecule has 0 radical (unpaired) electrons. The molecule has 0 fully saturated rings. The van der Waals surface area contributed by atoms with Crippen molar-refractivity contribution in [2.75, 3.05) is 11.4 Å². The molecule has 0 N–H and O–H groups in total. The molecule has 1 nitrogen and oxygen atoms in total. The molecule has 1 aliphatic rings. The van der Waals surface area contributed by atoms with Gasteiger partial charge >= 0.3 is 0 Å². The Hall–Kier alpha value is -0.980. The molecule has 1 aromatic carbocycles. The number of fused-ring (bicyclic) bond motifs is 1. The number of hydrogen-bond donors (Lipinski definition) is 0. The van der Waals surface area contributed by atoms with E-state index in [-0.39, 0.29) is 0 Å². The molecular formula is C18H29N. The Labute approximate surface area is 119 Å². The first kappa shape index (κ1) is 14.4. The van der Waals surface area contributed by atoms with Gasteiger partial charge in [-0.3, -0.25) is 0 Å². The molecule has 0 saturated heterocycles. The van der Waals surface area contributed by atoms with Crippen molar-refractivity contribution in [1.82, 2.24) is 0 Å². The largest absolute Gasteiger partial charge is 0.368 e. The first-order valence-electron chi connectivity index (χ1n) is 7.55. The zero-order chi connectivity index (χ0) is 14.3. The van der Waals surface area contributed by atoms with Crippen LogP contribution in [0.15, 0.2) is 24.3 Å². The summed E-state index contributed by atoms with van der Waals surface area (Å²) in [5.41, 5.74) is 3.69. The van der Waals surface area contributed by atoms with Gasteiger partial charge in [0, 0.05) is 18.3 Å². The highest BCUT2D eigenvalue weighted by Gasteiger charge is 2.36. The third-order valence-corrected chi connectivity index (χ3v) is 4.51. The number of anilines is 1. The third kappa shape index (κ3) is 3.13. The minimum absolute atomic E-state index is 0.329. The van der Waals surface area contributed by atoms with E-state index in [1.54, 1.807) is 0 Å². The van der Waals surface area contributed by atoms with Gasteiger partial charge in [0.15, 0.2) is 0 Å². The molecule has 19 heavy (non-hydrogen) atoms. The summed E-state index contributed by atoms with van der Waals surface area (Å²) >= 11 is 0. The standard InChI is InChI=1S/C18H29N/c1-14(18(5,6)13-17(2,3)4)19-12-11-15-9-7-8-10-16(15)19/h7-10,14H,11-13H2,1-6H3. The monoisotopic (exact) mass is 259 g/mol. The lowest BCUT2D eigenvalue weighted by Crippen LogP contribution is -2.44. The van der Waals surface area contributed by atoms with Gasteiger partial charge in [-0.1, -0.05) is 52.8 Å². The summed E-state index contributed by atoms with van der Waals surface area (Å²) < 4.78 is 0. The minimum Gasteiger partial charge on any atom is -0.368 e. The van der Waals surface area contributed by atoms with Crippen LogP contribution in [-0.2, 0) is 6.42 Å². The highest BCUT2D eigenvalue weighted by atomic mass is 15.2. The molecule has 1 aromatic rings. The quantitative estimate of drug-likeness (QED) is 0.746. The Morgan fingerprint density at radius 2 is 1.74 bits per heavy atom. The summed E-state index contributed by atoms with van der Waals surface area (Å²) in [4.78, 5) is 2.61. The molecule has 106 valence electrons. The van der Waals surface area contributed by atoms with E-state index in [9.17, 15) is 0 Å². The highest BCUT2D eigenvalue weighted by Crippen LogP contribution is 2.41. The maximum absolute atomic E-state index is 2.61. The van der Waals surface area contributed by atoms with Gasteiger partial charge in [-0.25, -0.2) is 0 Å². The van der Waals surface area contributed by atoms with Crippen molar-refractivity contribution in [2.24, 2.45) is 10.8 Å². The summed E-state index contributed by atoms with van der Waals surface area (Å²) in [6, 6.07) is 9.47. The van der Waals surface area contributed by atoms with Gasteiger partial charge in [-0.15, -0.1) is 0 Å². The van der Waals surface area contributed by atoms with Crippen LogP contribution in [0.3, 0.4) is 0 Å². The average molecular weight is 259 g/mol. The van der Waals surface area contributed by atoms with Crippen LogP contribution in [0.25, 0.3) is 0 Å². The van der Waals surface area contributed by atoms with E-state index in [0.717, 1.165) is 0 Å². The number of para-hydroxylation sites is 1. The van der Waals surface area contributed by atoms with Crippen LogP contribution in [0.5, 0.6) is 0 Å². The van der Waals surface area contributed by atoms with E-state index in [0.29, 0.717) is 16.9 Å². The minimum atomic E-state index is 0.329. The van der Waals surface area contributed by atoms with Gasteiger partial charge in [-0.2, -0.15) is 0 Å². The summed E-state index contributed by atoms with van der Waals surface area (Å²) in [7, 11) is 0. The first-order chi connectivity index (χ1) is 8.71. The van der Waals surface area contributed by atoms with Gasteiger partial charge in [0.1, 0.15) is 0 Å². The van der Waals surface area contributed by atoms with Gasteiger partial charge in [0.2, 0.25) is 0 Å². The Morgan fingerprint density at radius 3 is 2.37 bits per heavy atom. The third-order valence-electron chi connectivity index (χ3n) is 4.51. The fourth-order valence-electron chi connectivity index (χ4n) is 3.70. The van der Waals surface area contributed by atoms with Crippen LogP contribution >= 0.6 is 0 Å². The van der Waals surface area contributed by atoms with E-state index in [4.69, 9.17) is 0 Å². The van der Waals surface area contributed by atoms with Crippen LogP contribution in [0, 0.1) is 10.8 Å². The fraction of sp³-hybridized carbons (Fsp3) is 0.667. The van der Waals surface area contributed by atoms with Crippen molar-refractivity contribution in [1.29, 1.82) is 0 Å². The highest BCUT2D eigenvalue weighted by molar-refractivity contribution is 5.58. The molecule has 0 bridgehead atoms. The number of hydrogen-bond acceptors (Lipinski definition) is 1. The maximum Gasteiger partial charge on any atom is 0.0402 e. The fourth-order valence-corrected chi connectivity index (χ4v) is 3.70. The number of benzene rings is 1. The van der Waals surface area contributed by atoms with Crippen molar-refractivity contribution in [3.05, 3.63) is 29.8 Å². The lowest BCUT2D eigenvalue weighted by molar-refractivity contribution is 0.178. The van der Waals surface area contributed by atoms with Crippen LogP contribution in [-0.4, -0.2) is 12.6 Å². The zero-order valence-electron chi connectivity index (χ0n) is 13.5. The lowest BCUT2D eigenvalue weighted by Gasteiger charge is -2.43. The van der Waals surface area contributed by atoms with Crippen LogP contribution in [0.4, 0.5) is 5.69 Å². The molecule has 1 heterocycles. The van der Waals surface area contributed by atoms with Crippen LogP contribution < -0.4 is 4.90 Å². The predicted octanol–water partition coefficient (Wildman–Crippen LogP) is 4.90. The molecule has 1 heteroatoms. The maximum atomic E-state index is 2.61. The summed E-state index contributed by atoms with van der Waals surface area (Å²) in [6.45, 7) is 15.5. The molecule has 0 aromatic heterocycles. The van der Waals surface area contributed by atoms with Crippen molar-refractivity contribution in [3.63, 3.8) is 0 Å². The van der Waals surface area contributed by atoms with E-state index >= 15 is 0 Å². The predicted molar refractivity (Wildman–Crippen MR) is 84.8 cm³/mol. The number of nitrogens with zero attached hydrogens (tertiary/aromatic N) is 1. The van der Waals surface area contributed by atoms with Crippen molar-refractivity contribution in [3.8, 4) is 0 Å². The zero-order valence-corrected chi connectivity index (χ0v) is 13.5. The molecule has 1 atom stereocenters. The van der Waals surface area contributed by atoms with E-state index in [1.807, 2.05) is 0 Å². The Bertz CT molecular complexity index is 439. The first-order valence-corrected chi connectivity index (χ1v) is 7.55. The van der Waals surface area contributed by atoms with Crippen LogP contribution in [0.2, 0.25) is 0 Å². The lowest BCUT2D eigenvalue weighted by atomic mass is 9.72. The summed E-state index contributed by atoms with van der Waals surface area (Å²) in [5.74, 6) is 0. The Morgan fingerprint density at radius 1 is 1.11 bits per heavy atom. The molecule has 1 unspecified atom stereocenters. The molecule has 1 aliphatic heterocycles. The van der Waals surface area contributed by atoms with E-state index in [2.05, 4.69) is 70.7 Å². The van der Waals surface area contributed by atoms with E-state index in [1.165, 1.54) is 30.6 Å². The summed E-state index contributed by atoms with van der Waals surface area (Å²) in [5, 5.41) is 0. The second-order valence-corrected chi connectivity index (χ2v) is 7.97. The van der Waals surface area contributed by atoms with Gasteiger partial charge in [0.05, 0.1) is 0 Å². The number of rotatable bonds is 3. The Balaban J connectivity index is 2.19. The van der Waals surface area contributed by atoms with Crippen LogP contribution in [0.1, 0.15) is 53.5 Å². The van der Waals surface area contributed by atoms with Crippen molar-refractivity contribution >= 4 is 5.69 Å². The molecule has 2 rings (SSSR count). The SMILES string of the molecule is CC(N1CCc2ccccc21)C(C)(C)CC(C)(C)C. The molecule has 0 spiro atoms. The molecule has 0 aliphatic carbocycles. The van der Waals surface area contributed by atoms with Gasteiger partial charge < -0.3 is 4.90 Å². The molecular weight excluding hydrogens is 230 g/mol. The van der Waals surface area contributed by atoms with E-state index < -0.39 is 0 Å². The second-order valence-electron chi connectivity index (χ2n) is 7.97.